The first kappa shape index (κ1) is 16.2. The number of halogens is 2. The number of thiophene rings is 1. The van der Waals surface area contributed by atoms with Crippen LogP contribution in [0.2, 0.25) is 8.67 Å². The number of nitrogens with zero attached hydrogens (tertiary/aromatic N) is 2. The minimum atomic E-state index is -4.13. The molecule has 2 rings (SSSR count). The maximum Gasteiger partial charge on any atom is 0.326 e. The van der Waals surface area contributed by atoms with Crippen molar-refractivity contribution >= 4 is 50.5 Å². The topological polar surface area (TPSA) is 101 Å². The van der Waals surface area contributed by atoms with Crippen LogP contribution in [0.3, 0.4) is 0 Å². The largest absolute Gasteiger partial charge is 0.480 e. The normalized spacial score (nSPS) is 13.3. The molecule has 2 heterocycles. The van der Waals surface area contributed by atoms with Gasteiger partial charge in [-0.25, -0.2) is 8.42 Å². The van der Waals surface area contributed by atoms with Crippen LogP contribution in [0, 0.1) is 0 Å². The van der Waals surface area contributed by atoms with Gasteiger partial charge in [0.25, 0.3) is 0 Å². The summed E-state index contributed by atoms with van der Waals surface area (Å²) in [6.45, 7) is 0. The molecule has 1 unspecified atom stereocenters. The number of sulfonamides is 1. The van der Waals surface area contributed by atoms with Crippen molar-refractivity contribution < 1.29 is 18.3 Å². The van der Waals surface area contributed by atoms with Crippen molar-refractivity contribution in [2.75, 3.05) is 0 Å². The van der Waals surface area contributed by atoms with Crippen LogP contribution < -0.4 is 4.72 Å². The molecule has 0 bridgehead atoms. The van der Waals surface area contributed by atoms with Crippen molar-refractivity contribution in [3.8, 4) is 0 Å². The maximum absolute atomic E-state index is 12.2. The molecular formula is C10H9Cl2N3O4S2. The third-order valence-electron chi connectivity index (χ3n) is 2.49. The Balaban J connectivity index is 2.37. The average Bonchev–Trinajstić information content (AvgIpc) is 2.92. The van der Waals surface area contributed by atoms with Crippen LogP contribution in [-0.4, -0.2) is 29.3 Å². The third-order valence-corrected chi connectivity index (χ3v) is 5.67. The molecule has 0 spiro atoms. The van der Waals surface area contributed by atoms with Crippen LogP contribution in [0.1, 0.15) is 11.6 Å². The van der Waals surface area contributed by atoms with E-state index >= 15 is 0 Å². The molecule has 0 amide bonds. The Morgan fingerprint density at radius 2 is 2.19 bits per heavy atom. The van der Waals surface area contributed by atoms with E-state index in [-0.39, 0.29) is 19.1 Å². The Labute approximate surface area is 134 Å². The summed E-state index contributed by atoms with van der Waals surface area (Å²) in [5.41, 5.74) is 0.200. The van der Waals surface area contributed by atoms with Crippen molar-refractivity contribution in [1.29, 1.82) is 0 Å². The van der Waals surface area contributed by atoms with Crippen LogP contribution in [0.4, 0.5) is 0 Å². The average molecular weight is 370 g/mol. The van der Waals surface area contributed by atoms with Crippen LogP contribution in [0.5, 0.6) is 0 Å². The van der Waals surface area contributed by atoms with Crippen molar-refractivity contribution in [1.82, 2.24) is 14.5 Å². The van der Waals surface area contributed by atoms with Gasteiger partial charge in [0.2, 0.25) is 10.0 Å². The van der Waals surface area contributed by atoms with E-state index in [0.29, 0.717) is 0 Å². The molecule has 0 saturated carbocycles. The predicted molar refractivity (Wildman–Crippen MR) is 78.2 cm³/mol. The number of nitrogens with one attached hydrogen (secondary N) is 1. The van der Waals surface area contributed by atoms with Gasteiger partial charge in [-0.05, 0) is 6.07 Å². The zero-order valence-electron chi connectivity index (χ0n) is 10.4. The van der Waals surface area contributed by atoms with Crippen LogP contribution in [-0.2, 0) is 21.9 Å². The van der Waals surface area contributed by atoms with Gasteiger partial charge in [0.05, 0.1) is 10.5 Å². The molecule has 0 aliphatic carbocycles. The maximum atomic E-state index is 12.2. The Morgan fingerprint density at radius 1 is 1.52 bits per heavy atom. The van der Waals surface area contributed by atoms with Gasteiger partial charge in [0, 0.05) is 18.8 Å². The van der Waals surface area contributed by atoms with E-state index < -0.39 is 22.0 Å². The zero-order valence-corrected chi connectivity index (χ0v) is 13.6. The first-order chi connectivity index (χ1) is 9.70. The SMILES string of the molecule is Cn1cc(C(NS(=O)(=O)c2cc(Cl)sc2Cl)C(=O)O)cn1. The molecule has 2 N–H and O–H groups in total. The Bertz CT molecular complexity index is 784. The van der Waals surface area contributed by atoms with E-state index in [1.807, 2.05) is 0 Å². The smallest absolute Gasteiger partial charge is 0.326 e. The molecule has 1 atom stereocenters. The van der Waals surface area contributed by atoms with Gasteiger partial charge >= 0.3 is 5.97 Å². The highest BCUT2D eigenvalue weighted by Crippen LogP contribution is 2.34. The van der Waals surface area contributed by atoms with E-state index in [9.17, 15) is 18.3 Å². The highest BCUT2D eigenvalue weighted by Gasteiger charge is 2.30. The first-order valence-corrected chi connectivity index (χ1v) is 8.45. The minimum Gasteiger partial charge on any atom is -0.480 e. The summed E-state index contributed by atoms with van der Waals surface area (Å²) in [6, 6.07) is -0.308. The van der Waals surface area contributed by atoms with E-state index in [4.69, 9.17) is 23.2 Å². The quantitative estimate of drug-likeness (QED) is 0.837. The summed E-state index contributed by atoms with van der Waals surface area (Å²) in [5, 5.41) is 13.0. The highest BCUT2D eigenvalue weighted by molar-refractivity contribution is 7.89. The molecule has 0 aliphatic heterocycles. The third kappa shape index (κ3) is 3.55. The van der Waals surface area contributed by atoms with Crippen molar-refractivity contribution in [2.45, 2.75) is 10.9 Å². The molecule has 0 saturated heterocycles. The molecule has 2 aromatic heterocycles. The monoisotopic (exact) mass is 369 g/mol. The summed E-state index contributed by atoms with van der Waals surface area (Å²) in [6.07, 6.45) is 2.67. The van der Waals surface area contributed by atoms with Gasteiger partial charge in [0.15, 0.2) is 0 Å². The van der Waals surface area contributed by atoms with E-state index in [1.165, 1.54) is 23.1 Å². The molecule has 0 aromatic carbocycles. The number of rotatable bonds is 5. The number of aromatic nitrogens is 2. The zero-order chi connectivity index (χ0) is 15.8. The number of aliphatic carboxylic acids is 1. The fourth-order valence-corrected chi connectivity index (χ4v) is 4.90. The lowest BCUT2D eigenvalue weighted by Gasteiger charge is -2.12. The number of hydrogen-bond donors (Lipinski definition) is 2. The lowest BCUT2D eigenvalue weighted by molar-refractivity contribution is -0.139. The Hall–Kier alpha value is -1.13. The number of carbonyl (C=O) groups is 1. The minimum absolute atomic E-state index is 0.0391. The molecule has 7 nitrogen and oxygen atoms in total. The summed E-state index contributed by atoms with van der Waals surface area (Å²) in [4.78, 5) is 11.0. The number of aryl methyl sites for hydroxylation is 1. The molecule has 114 valence electrons. The Morgan fingerprint density at radius 3 is 2.62 bits per heavy atom. The van der Waals surface area contributed by atoms with Gasteiger partial charge in [-0.3, -0.25) is 9.48 Å². The predicted octanol–water partition coefficient (Wildman–Crippen LogP) is 1.89. The number of hydrogen-bond acceptors (Lipinski definition) is 5. The van der Waals surface area contributed by atoms with Crippen LogP contribution in [0.25, 0.3) is 0 Å². The van der Waals surface area contributed by atoms with Crippen LogP contribution in [0.15, 0.2) is 23.4 Å². The summed E-state index contributed by atoms with van der Waals surface area (Å²) in [5.74, 6) is -1.36. The van der Waals surface area contributed by atoms with Gasteiger partial charge in [0.1, 0.15) is 15.3 Å². The van der Waals surface area contributed by atoms with Crippen molar-refractivity contribution in [2.24, 2.45) is 7.05 Å². The van der Waals surface area contributed by atoms with Gasteiger partial charge in [-0.1, -0.05) is 23.2 Å². The second-order valence-corrected chi connectivity index (χ2v) is 8.00. The standard InChI is InChI=1S/C10H9Cl2N3O4S2/c1-15-4-5(3-13-15)8(10(16)17)14-21(18,19)6-2-7(11)20-9(6)12/h2-4,8,14H,1H3,(H,16,17). The summed E-state index contributed by atoms with van der Waals surface area (Å²) >= 11 is 12.4. The second kappa shape index (κ2) is 5.93. The molecule has 2 aromatic rings. The summed E-state index contributed by atoms with van der Waals surface area (Å²) in [7, 11) is -2.54. The number of carboxylic acid groups (broad SMARTS) is 1. The highest BCUT2D eigenvalue weighted by atomic mass is 35.5. The van der Waals surface area contributed by atoms with Gasteiger partial charge in [-0.15, -0.1) is 11.3 Å². The lowest BCUT2D eigenvalue weighted by atomic mass is 10.2. The second-order valence-electron chi connectivity index (χ2n) is 4.03. The van der Waals surface area contributed by atoms with Crippen molar-refractivity contribution in [3.63, 3.8) is 0 Å². The lowest BCUT2D eigenvalue weighted by Crippen LogP contribution is -2.33. The molecule has 21 heavy (non-hydrogen) atoms. The fraction of sp³-hybridized carbons (Fsp3) is 0.200. The first-order valence-electron chi connectivity index (χ1n) is 5.39. The van der Waals surface area contributed by atoms with Gasteiger partial charge < -0.3 is 5.11 Å². The summed E-state index contributed by atoms with van der Waals surface area (Å²) < 4.78 is 28.0. The van der Waals surface area contributed by atoms with Crippen LogP contribution >= 0.6 is 34.5 Å². The molecule has 0 aliphatic rings. The Kier molecular flexibility index (Phi) is 4.59. The molecule has 0 fully saturated rings. The van der Waals surface area contributed by atoms with Gasteiger partial charge in [-0.2, -0.15) is 9.82 Å². The van der Waals surface area contributed by atoms with E-state index in [2.05, 4.69) is 9.82 Å². The number of carboxylic acids is 1. The van der Waals surface area contributed by atoms with E-state index in [0.717, 1.165) is 11.3 Å². The molecule has 0 radical (unpaired) electrons. The van der Waals surface area contributed by atoms with Crippen molar-refractivity contribution in [3.05, 3.63) is 32.7 Å². The fourth-order valence-electron chi connectivity index (χ4n) is 1.58. The molecular weight excluding hydrogens is 361 g/mol. The molecule has 11 heteroatoms. The van der Waals surface area contributed by atoms with E-state index in [1.54, 1.807) is 7.05 Å².